The number of nitrogens with zero attached hydrogens (tertiary/aromatic N) is 3. The molecule has 0 unspecified atom stereocenters. The molecule has 0 spiro atoms. The van der Waals surface area contributed by atoms with Gasteiger partial charge >= 0.3 is 0 Å². The first-order valence-electron chi connectivity index (χ1n) is 11.5. The van der Waals surface area contributed by atoms with Crippen molar-refractivity contribution < 1.29 is 4.79 Å². The van der Waals surface area contributed by atoms with Gasteiger partial charge in [-0.3, -0.25) is 18.9 Å². The number of pyridine rings is 1. The van der Waals surface area contributed by atoms with Crippen LogP contribution in [0.25, 0.3) is 15.9 Å². The van der Waals surface area contributed by atoms with Gasteiger partial charge in [0.15, 0.2) is 5.65 Å². The zero-order chi connectivity index (χ0) is 21.5. The molecule has 5 rings (SSSR count). The Morgan fingerprint density at radius 3 is 2.77 bits per heavy atom. The lowest BCUT2D eigenvalue weighted by molar-refractivity contribution is 0.0890. The maximum atomic E-state index is 13.3. The lowest BCUT2D eigenvalue weighted by atomic mass is 9.97. The molecule has 1 saturated heterocycles. The zero-order valence-electron chi connectivity index (χ0n) is 18.3. The fourth-order valence-electron chi connectivity index (χ4n) is 5.33. The maximum absolute atomic E-state index is 13.3. The summed E-state index contributed by atoms with van der Waals surface area (Å²) in [6.45, 7) is 5.97. The van der Waals surface area contributed by atoms with E-state index in [1.165, 1.54) is 36.1 Å². The fraction of sp³-hybridized carbons (Fsp3) is 0.542. The Labute approximate surface area is 186 Å². The molecule has 7 heteroatoms. The molecule has 1 aliphatic heterocycles. The third-order valence-electron chi connectivity index (χ3n) is 7.04. The van der Waals surface area contributed by atoms with E-state index in [1.807, 2.05) is 0 Å². The first-order valence-corrected chi connectivity index (χ1v) is 12.4. The number of nitrogens with one attached hydrogen (secondary N) is 1. The van der Waals surface area contributed by atoms with Gasteiger partial charge in [-0.2, -0.15) is 0 Å². The van der Waals surface area contributed by atoms with Crippen LogP contribution in [-0.2, 0) is 12.8 Å². The van der Waals surface area contributed by atoms with Gasteiger partial charge in [0.05, 0.1) is 10.9 Å². The minimum atomic E-state index is -0.164. The van der Waals surface area contributed by atoms with E-state index in [4.69, 9.17) is 4.98 Å². The summed E-state index contributed by atoms with van der Waals surface area (Å²) in [6.07, 6.45) is 9.71. The number of aromatic nitrogens is 2. The summed E-state index contributed by atoms with van der Waals surface area (Å²) in [5.41, 5.74) is 2.05. The number of piperidine rings is 1. The van der Waals surface area contributed by atoms with Crippen molar-refractivity contribution >= 4 is 33.1 Å². The molecule has 1 amide bonds. The topological polar surface area (TPSA) is 66.7 Å². The molecule has 1 N–H and O–H groups in total. The normalized spacial score (nSPS) is 22.0. The highest BCUT2D eigenvalue weighted by molar-refractivity contribution is 7.18. The minimum absolute atomic E-state index is 0.0509. The molecule has 3 aromatic heterocycles. The average Bonchev–Trinajstić information content (AvgIpc) is 3.14. The van der Waals surface area contributed by atoms with E-state index in [1.54, 1.807) is 34.1 Å². The molecule has 0 saturated carbocycles. The molecule has 4 heterocycles. The Bertz CT molecular complexity index is 1190. The first-order chi connectivity index (χ1) is 15.0. The lowest BCUT2D eigenvalue weighted by Gasteiger charge is -2.39. The van der Waals surface area contributed by atoms with Crippen molar-refractivity contribution in [2.75, 3.05) is 13.1 Å². The number of rotatable bonds is 4. The van der Waals surface area contributed by atoms with Crippen LogP contribution in [0.1, 0.15) is 66.8 Å². The molecular weight excluding hydrogens is 408 g/mol. The minimum Gasteiger partial charge on any atom is -0.351 e. The third-order valence-corrected chi connectivity index (χ3v) is 8.22. The Kier molecular flexibility index (Phi) is 5.56. The molecule has 1 aliphatic carbocycles. The van der Waals surface area contributed by atoms with Crippen LogP contribution < -0.4 is 10.9 Å². The van der Waals surface area contributed by atoms with E-state index < -0.39 is 0 Å². The molecule has 3 aromatic rings. The SMILES string of the molecule is C[C@@H]1CCC[C@H](C)N1CCNC(=O)c1cccn2c(=O)c3c4c(sc3nc12)CCCC4. The van der Waals surface area contributed by atoms with Crippen LogP contribution in [0.15, 0.2) is 23.1 Å². The molecular formula is C24H30N4O2S. The number of hydrogen-bond donors (Lipinski definition) is 1. The van der Waals surface area contributed by atoms with Crippen molar-refractivity contribution in [3.63, 3.8) is 0 Å². The predicted molar refractivity (Wildman–Crippen MR) is 125 cm³/mol. The number of amides is 1. The molecule has 31 heavy (non-hydrogen) atoms. The van der Waals surface area contributed by atoms with E-state index in [9.17, 15) is 9.59 Å². The largest absolute Gasteiger partial charge is 0.351 e. The summed E-state index contributed by atoms with van der Waals surface area (Å²) < 4.78 is 1.55. The van der Waals surface area contributed by atoms with Crippen LogP contribution in [0.4, 0.5) is 0 Å². The smallest absolute Gasteiger partial charge is 0.266 e. The van der Waals surface area contributed by atoms with Crippen LogP contribution in [0.5, 0.6) is 0 Å². The number of likely N-dealkylation sites (tertiary alicyclic amines) is 1. The molecule has 0 radical (unpaired) electrons. The van der Waals surface area contributed by atoms with Crippen LogP contribution in [0, 0.1) is 0 Å². The van der Waals surface area contributed by atoms with Crippen molar-refractivity contribution in [1.82, 2.24) is 19.6 Å². The zero-order valence-corrected chi connectivity index (χ0v) is 19.1. The fourth-order valence-corrected chi connectivity index (χ4v) is 6.58. The second-order valence-corrected chi connectivity index (χ2v) is 10.1. The van der Waals surface area contributed by atoms with Crippen LogP contribution in [-0.4, -0.2) is 45.4 Å². The highest BCUT2D eigenvalue weighted by atomic mass is 32.1. The average molecular weight is 439 g/mol. The Morgan fingerprint density at radius 1 is 1.19 bits per heavy atom. The van der Waals surface area contributed by atoms with Crippen molar-refractivity contribution in [3.05, 3.63) is 44.7 Å². The number of hydrogen-bond acceptors (Lipinski definition) is 5. The van der Waals surface area contributed by atoms with E-state index in [2.05, 4.69) is 24.1 Å². The molecule has 2 aliphatic rings. The Morgan fingerprint density at radius 2 is 1.97 bits per heavy atom. The molecule has 2 atom stereocenters. The van der Waals surface area contributed by atoms with Gasteiger partial charge in [-0.1, -0.05) is 6.42 Å². The number of fused-ring (bicyclic) bond motifs is 4. The summed E-state index contributed by atoms with van der Waals surface area (Å²) >= 11 is 1.62. The molecule has 0 aromatic carbocycles. The van der Waals surface area contributed by atoms with Gasteiger partial charge in [-0.25, -0.2) is 4.98 Å². The van der Waals surface area contributed by atoms with Crippen molar-refractivity contribution in [2.24, 2.45) is 0 Å². The van der Waals surface area contributed by atoms with E-state index in [0.29, 0.717) is 29.8 Å². The monoisotopic (exact) mass is 438 g/mol. The summed E-state index contributed by atoms with van der Waals surface area (Å²) in [5.74, 6) is -0.164. The quantitative estimate of drug-likeness (QED) is 0.673. The standard InChI is InChI=1S/C24H30N4O2S/c1-15-7-5-8-16(2)27(15)14-12-25-22(29)18-10-6-13-28-21(18)26-23-20(24(28)30)17-9-3-4-11-19(17)31-23/h6,10,13,15-16H,3-5,7-9,11-12,14H2,1-2H3,(H,25,29)/t15-,16+. The van der Waals surface area contributed by atoms with E-state index >= 15 is 0 Å². The van der Waals surface area contributed by atoms with Crippen molar-refractivity contribution in [2.45, 2.75) is 70.9 Å². The predicted octanol–water partition coefficient (Wildman–Crippen LogP) is 3.78. The molecule has 6 nitrogen and oxygen atoms in total. The van der Waals surface area contributed by atoms with Gasteiger partial charge in [-0.05, 0) is 70.1 Å². The van der Waals surface area contributed by atoms with Gasteiger partial charge in [0.25, 0.3) is 11.5 Å². The maximum Gasteiger partial charge on any atom is 0.266 e. The first kappa shape index (κ1) is 20.6. The Hall–Kier alpha value is -2.25. The second-order valence-electron chi connectivity index (χ2n) is 9.05. The van der Waals surface area contributed by atoms with Crippen LogP contribution >= 0.6 is 11.3 Å². The lowest BCUT2D eigenvalue weighted by Crippen LogP contribution is -2.47. The summed E-state index contributed by atoms with van der Waals surface area (Å²) in [4.78, 5) is 35.6. The van der Waals surface area contributed by atoms with Crippen LogP contribution in [0.3, 0.4) is 0 Å². The van der Waals surface area contributed by atoms with Gasteiger partial charge in [0, 0.05) is 36.2 Å². The van der Waals surface area contributed by atoms with E-state index in [0.717, 1.165) is 36.0 Å². The Balaban J connectivity index is 1.42. The number of carbonyl (C=O) groups excluding carboxylic acids is 1. The van der Waals surface area contributed by atoms with E-state index in [-0.39, 0.29) is 11.5 Å². The summed E-state index contributed by atoms with van der Waals surface area (Å²) in [6, 6.07) is 4.64. The van der Waals surface area contributed by atoms with Crippen molar-refractivity contribution in [3.8, 4) is 0 Å². The molecule has 1 fully saturated rings. The van der Waals surface area contributed by atoms with Crippen molar-refractivity contribution in [1.29, 1.82) is 0 Å². The molecule has 164 valence electrons. The van der Waals surface area contributed by atoms with Gasteiger partial charge in [0.1, 0.15) is 4.83 Å². The summed E-state index contributed by atoms with van der Waals surface area (Å²) in [5, 5.41) is 3.82. The van der Waals surface area contributed by atoms with Gasteiger partial charge in [0.2, 0.25) is 0 Å². The van der Waals surface area contributed by atoms with Gasteiger partial charge < -0.3 is 5.32 Å². The highest BCUT2D eigenvalue weighted by Gasteiger charge is 2.25. The summed E-state index contributed by atoms with van der Waals surface area (Å²) in [7, 11) is 0. The third kappa shape index (κ3) is 3.68. The van der Waals surface area contributed by atoms with Crippen LogP contribution in [0.2, 0.25) is 0 Å². The number of carbonyl (C=O) groups is 1. The number of thiophene rings is 1. The van der Waals surface area contributed by atoms with Gasteiger partial charge in [-0.15, -0.1) is 11.3 Å². The molecule has 0 bridgehead atoms. The highest BCUT2D eigenvalue weighted by Crippen LogP contribution is 2.34. The second kappa shape index (κ2) is 8.36. The number of aryl methyl sites for hydroxylation is 2.